The van der Waals surface area contributed by atoms with Crippen molar-refractivity contribution in [2.75, 3.05) is 6.61 Å². The Hall–Kier alpha value is -1.54. The first kappa shape index (κ1) is 10.5. The Balaban J connectivity index is 2.60. The number of carbonyl (C=O) groups excluding carboxylic acids is 1. The minimum absolute atomic E-state index is 0.0368. The molecular weight excluding hydrogens is 210 g/mol. The third-order valence-electron chi connectivity index (χ3n) is 1.38. The van der Waals surface area contributed by atoms with Crippen LogP contribution in [0.2, 0.25) is 0 Å². The van der Waals surface area contributed by atoms with Crippen molar-refractivity contribution in [2.24, 2.45) is 0 Å². The number of carbonyl (C=O) groups is 2. The van der Waals surface area contributed by atoms with Crippen LogP contribution in [-0.4, -0.2) is 43.5 Å². The van der Waals surface area contributed by atoms with Gasteiger partial charge in [0.1, 0.15) is 0 Å². The average Bonchev–Trinajstić information content (AvgIpc) is 2.65. The number of aliphatic hydroxyl groups excluding tert-OH is 1. The Morgan fingerprint density at radius 3 is 2.79 bits per heavy atom. The Morgan fingerprint density at radius 1 is 1.64 bits per heavy atom. The number of carboxylic acid groups (broad SMARTS) is 1. The number of aromatic nitrogens is 2. The Morgan fingerprint density at radius 2 is 2.36 bits per heavy atom. The normalized spacial score (nSPS) is 12.1. The zero-order valence-corrected chi connectivity index (χ0v) is 7.69. The molecule has 1 aromatic rings. The second-order valence-corrected chi connectivity index (χ2v) is 2.90. The van der Waals surface area contributed by atoms with Crippen LogP contribution in [-0.2, 0) is 4.79 Å². The summed E-state index contributed by atoms with van der Waals surface area (Å²) in [6.07, 6.45) is 1.22. The van der Waals surface area contributed by atoms with E-state index in [2.05, 4.69) is 14.1 Å². The first-order valence-corrected chi connectivity index (χ1v) is 4.30. The van der Waals surface area contributed by atoms with Gasteiger partial charge >= 0.3 is 5.97 Å². The maximum absolute atomic E-state index is 11.2. The predicted molar refractivity (Wildman–Crippen MR) is 45.9 cm³/mol. The number of aliphatic hydroxyl groups is 1. The number of rotatable bonds is 4. The molecular formula is C6H7N3O4S. The van der Waals surface area contributed by atoms with Gasteiger partial charge in [0, 0.05) is 0 Å². The summed E-state index contributed by atoms with van der Waals surface area (Å²) in [6, 6.07) is -1.32. The molecule has 0 aliphatic rings. The van der Waals surface area contributed by atoms with Gasteiger partial charge in [-0.05, 0) is 0 Å². The zero-order valence-electron chi connectivity index (χ0n) is 6.88. The van der Waals surface area contributed by atoms with Crippen LogP contribution in [0, 0.1) is 0 Å². The molecule has 0 aromatic carbocycles. The monoisotopic (exact) mass is 217 g/mol. The van der Waals surface area contributed by atoms with Crippen LogP contribution in [0.4, 0.5) is 0 Å². The quantitative estimate of drug-likeness (QED) is 0.578. The van der Waals surface area contributed by atoms with E-state index in [4.69, 9.17) is 10.2 Å². The highest BCUT2D eigenvalue weighted by atomic mass is 32.1. The fourth-order valence-corrected chi connectivity index (χ4v) is 1.09. The van der Waals surface area contributed by atoms with Gasteiger partial charge in [-0.15, -0.1) is 0 Å². The summed E-state index contributed by atoms with van der Waals surface area (Å²) in [5, 5.41) is 19.2. The predicted octanol–water partition coefficient (Wildman–Crippen LogP) is -1.29. The summed E-state index contributed by atoms with van der Waals surface area (Å²) in [4.78, 5) is 21.6. The highest BCUT2D eigenvalue weighted by Crippen LogP contribution is 1.95. The van der Waals surface area contributed by atoms with E-state index in [0.717, 1.165) is 11.7 Å². The lowest BCUT2D eigenvalue weighted by Crippen LogP contribution is -2.43. The second kappa shape index (κ2) is 4.63. The molecule has 8 heteroatoms. The minimum Gasteiger partial charge on any atom is -0.480 e. The standard InChI is InChI=1S/C6H7N3O4S/c10-2-4(6(12)13)8-5(11)3-1-7-14-9-3/h1,4,10H,2H2,(H,8,11)(H,12,13). The number of aliphatic carboxylic acids is 1. The SMILES string of the molecule is O=C(NC(CO)C(=O)O)c1cnsn1. The van der Waals surface area contributed by atoms with Crippen LogP contribution in [0.5, 0.6) is 0 Å². The minimum atomic E-state index is -1.32. The molecule has 76 valence electrons. The van der Waals surface area contributed by atoms with Crippen LogP contribution in [0.1, 0.15) is 10.5 Å². The number of carboxylic acids is 1. The van der Waals surface area contributed by atoms with Gasteiger partial charge in [-0.1, -0.05) is 0 Å². The summed E-state index contributed by atoms with van der Waals surface area (Å²) in [6.45, 7) is -0.668. The Kier molecular flexibility index (Phi) is 3.48. The van der Waals surface area contributed by atoms with E-state index in [1.807, 2.05) is 0 Å². The number of hydrogen-bond acceptors (Lipinski definition) is 6. The van der Waals surface area contributed by atoms with Crippen molar-refractivity contribution in [2.45, 2.75) is 6.04 Å². The van der Waals surface area contributed by atoms with Crippen molar-refractivity contribution in [1.29, 1.82) is 0 Å². The van der Waals surface area contributed by atoms with E-state index in [9.17, 15) is 9.59 Å². The molecule has 0 aliphatic carbocycles. The molecule has 1 unspecified atom stereocenters. The van der Waals surface area contributed by atoms with Gasteiger partial charge in [-0.25, -0.2) is 4.79 Å². The van der Waals surface area contributed by atoms with Crippen molar-refractivity contribution >= 4 is 23.6 Å². The molecule has 0 saturated heterocycles. The molecule has 0 fully saturated rings. The summed E-state index contributed by atoms with van der Waals surface area (Å²) in [5.74, 6) is -1.97. The molecule has 0 saturated carbocycles. The summed E-state index contributed by atoms with van der Waals surface area (Å²) >= 11 is 0.840. The second-order valence-electron chi connectivity index (χ2n) is 2.34. The molecule has 0 aliphatic heterocycles. The van der Waals surface area contributed by atoms with Crippen molar-refractivity contribution in [3.63, 3.8) is 0 Å². The molecule has 1 amide bonds. The van der Waals surface area contributed by atoms with Crippen molar-refractivity contribution in [1.82, 2.24) is 14.1 Å². The van der Waals surface area contributed by atoms with Crippen LogP contribution in [0.3, 0.4) is 0 Å². The van der Waals surface area contributed by atoms with E-state index in [0.29, 0.717) is 0 Å². The first-order valence-electron chi connectivity index (χ1n) is 3.57. The van der Waals surface area contributed by atoms with Crippen LogP contribution >= 0.6 is 11.7 Å². The molecule has 1 atom stereocenters. The van der Waals surface area contributed by atoms with E-state index in [1.54, 1.807) is 0 Å². The molecule has 0 radical (unpaired) electrons. The molecule has 3 N–H and O–H groups in total. The van der Waals surface area contributed by atoms with Crippen molar-refractivity contribution < 1.29 is 19.8 Å². The van der Waals surface area contributed by atoms with Crippen LogP contribution in [0.25, 0.3) is 0 Å². The molecule has 1 aromatic heterocycles. The van der Waals surface area contributed by atoms with E-state index in [-0.39, 0.29) is 5.69 Å². The zero-order chi connectivity index (χ0) is 10.6. The topological polar surface area (TPSA) is 112 Å². The lowest BCUT2D eigenvalue weighted by atomic mass is 10.3. The molecule has 0 bridgehead atoms. The third kappa shape index (κ3) is 2.47. The number of nitrogens with zero attached hydrogens (tertiary/aromatic N) is 2. The molecule has 1 rings (SSSR count). The van der Waals surface area contributed by atoms with E-state index >= 15 is 0 Å². The third-order valence-corrected chi connectivity index (χ3v) is 1.86. The number of nitrogens with one attached hydrogen (secondary N) is 1. The van der Waals surface area contributed by atoms with Crippen LogP contribution < -0.4 is 5.32 Å². The largest absolute Gasteiger partial charge is 0.480 e. The van der Waals surface area contributed by atoms with Crippen molar-refractivity contribution in [3.8, 4) is 0 Å². The maximum Gasteiger partial charge on any atom is 0.328 e. The van der Waals surface area contributed by atoms with Crippen LogP contribution in [0.15, 0.2) is 6.20 Å². The molecule has 14 heavy (non-hydrogen) atoms. The first-order chi connectivity index (χ1) is 6.65. The summed E-state index contributed by atoms with van der Waals surface area (Å²) < 4.78 is 7.19. The lowest BCUT2D eigenvalue weighted by molar-refractivity contribution is -0.140. The fourth-order valence-electron chi connectivity index (χ4n) is 0.682. The summed E-state index contributed by atoms with van der Waals surface area (Å²) in [7, 11) is 0. The van der Waals surface area contributed by atoms with Gasteiger partial charge in [0.2, 0.25) is 0 Å². The number of amides is 1. The average molecular weight is 217 g/mol. The van der Waals surface area contributed by atoms with Gasteiger partial charge in [-0.3, -0.25) is 4.79 Å². The van der Waals surface area contributed by atoms with Gasteiger partial charge in [0.15, 0.2) is 11.7 Å². The Bertz CT molecular complexity index is 326. The van der Waals surface area contributed by atoms with Gasteiger partial charge in [-0.2, -0.15) is 8.75 Å². The molecule has 7 nitrogen and oxygen atoms in total. The fraction of sp³-hybridized carbons (Fsp3) is 0.333. The molecule has 1 heterocycles. The van der Waals surface area contributed by atoms with Gasteiger partial charge < -0.3 is 15.5 Å². The summed E-state index contributed by atoms with van der Waals surface area (Å²) in [5.41, 5.74) is 0.0368. The number of hydrogen-bond donors (Lipinski definition) is 3. The van der Waals surface area contributed by atoms with Gasteiger partial charge in [0.25, 0.3) is 5.91 Å². The Labute approximate surface area is 82.7 Å². The molecule has 0 spiro atoms. The van der Waals surface area contributed by atoms with Crippen molar-refractivity contribution in [3.05, 3.63) is 11.9 Å². The maximum atomic E-state index is 11.2. The smallest absolute Gasteiger partial charge is 0.328 e. The highest BCUT2D eigenvalue weighted by molar-refractivity contribution is 6.99. The van der Waals surface area contributed by atoms with E-state index < -0.39 is 24.5 Å². The van der Waals surface area contributed by atoms with E-state index in [1.165, 1.54) is 6.20 Å². The lowest BCUT2D eigenvalue weighted by Gasteiger charge is -2.09. The highest BCUT2D eigenvalue weighted by Gasteiger charge is 2.20. The van der Waals surface area contributed by atoms with Gasteiger partial charge in [0.05, 0.1) is 24.5 Å².